The van der Waals surface area contributed by atoms with Crippen molar-refractivity contribution in [1.29, 1.82) is 0 Å². The molecule has 3 heterocycles. The average molecular weight is 440 g/mol. The second kappa shape index (κ2) is 5.45. The molecule has 0 radical (unpaired) electrons. The third kappa shape index (κ3) is 1.81. The van der Waals surface area contributed by atoms with Crippen LogP contribution >= 0.6 is 0 Å². The highest BCUT2D eigenvalue weighted by atomic mass is 16.2. The van der Waals surface area contributed by atoms with Crippen LogP contribution in [0.5, 0.6) is 0 Å². The Morgan fingerprint density at radius 2 is 1.58 bits per heavy atom. The van der Waals surface area contributed by atoms with Crippen LogP contribution in [0.25, 0.3) is 10.8 Å². The van der Waals surface area contributed by atoms with Crippen LogP contribution in [0.3, 0.4) is 0 Å². The number of hydrogen-bond acceptors (Lipinski definition) is 2. The van der Waals surface area contributed by atoms with E-state index in [4.69, 9.17) is 0 Å². The van der Waals surface area contributed by atoms with E-state index in [0.29, 0.717) is 11.8 Å². The number of benzene rings is 2. The highest BCUT2D eigenvalue weighted by molar-refractivity contribution is 5.88. The quantitative estimate of drug-likeness (QED) is 0.518. The maximum absolute atomic E-state index is 14.1. The normalized spacial score (nSPS) is 38.3. The van der Waals surface area contributed by atoms with Gasteiger partial charge in [0.15, 0.2) is 0 Å². The molecule has 2 aliphatic heterocycles. The lowest BCUT2D eigenvalue weighted by Crippen LogP contribution is -2.53. The van der Waals surface area contributed by atoms with Crippen molar-refractivity contribution in [2.75, 3.05) is 0 Å². The first-order valence-corrected chi connectivity index (χ1v) is 12.5. The molecule has 168 valence electrons. The molecule has 5 nitrogen and oxygen atoms in total. The molecule has 0 saturated heterocycles. The summed E-state index contributed by atoms with van der Waals surface area (Å²) in [7, 11) is 0. The van der Waals surface area contributed by atoms with E-state index in [0.717, 1.165) is 12.8 Å². The number of allylic oxidation sites excluding steroid dienone is 2. The molecular formula is C28H29N3O2. The van der Waals surface area contributed by atoms with Crippen LogP contribution in [0.2, 0.25) is 0 Å². The summed E-state index contributed by atoms with van der Waals surface area (Å²) in [6.45, 7) is 7.01. The van der Waals surface area contributed by atoms with E-state index in [1.54, 1.807) is 4.57 Å². The van der Waals surface area contributed by atoms with E-state index in [1.165, 1.54) is 28.3 Å². The van der Waals surface area contributed by atoms with E-state index in [-0.39, 0.29) is 46.3 Å². The summed E-state index contributed by atoms with van der Waals surface area (Å²) in [6, 6.07) is 12.6. The summed E-state index contributed by atoms with van der Waals surface area (Å²) in [4.78, 5) is 28.2. The molecule has 0 amide bonds. The van der Waals surface area contributed by atoms with Crippen LogP contribution in [0.1, 0.15) is 69.3 Å². The standard InChI is InChI=1S/C28H29N3O2/c1-27(2)16-12-13-28(27,3)21(14-16)29-25(32)30-23-18-10-11-19(18)24(31(30)26(29)33)22-17-7-5-4-6-15(17)8-9-20(22)23/h4-11,16,18-19,21,23-24H,12-14H2,1-3H3/t16-,18+,19+,21-,23+,24+,28-/m1/s1. The van der Waals surface area contributed by atoms with Crippen molar-refractivity contribution in [3.05, 3.63) is 80.6 Å². The minimum Gasteiger partial charge on any atom is -0.246 e. The third-order valence-corrected chi connectivity index (χ3v) is 11.0. The molecule has 4 aliphatic carbocycles. The Kier molecular flexibility index (Phi) is 3.07. The van der Waals surface area contributed by atoms with Crippen LogP contribution < -0.4 is 11.4 Å². The van der Waals surface area contributed by atoms with Gasteiger partial charge >= 0.3 is 11.4 Å². The smallest absolute Gasteiger partial charge is 0.246 e. The van der Waals surface area contributed by atoms with Crippen molar-refractivity contribution in [2.24, 2.45) is 28.6 Å². The van der Waals surface area contributed by atoms with E-state index in [2.05, 4.69) is 69.3 Å². The molecule has 1 aromatic heterocycles. The molecule has 0 N–H and O–H groups in total. The zero-order valence-electron chi connectivity index (χ0n) is 19.4. The fourth-order valence-electron chi connectivity index (χ4n) is 8.69. The van der Waals surface area contributed by atoms with Crippen LogP contribution in [0.4, 0.5) is 0 Å². The SMILES string of the molecule is CC1(C)[C@@H]2CC[C@]1(C)[C@H](n1c(=O)n3n(c1=O)[C@@H]1c4c(ccc5ccccc45)[C@@H]3[C@H]3C=C[C@@H]31)C2. The summed E-state index contributed by atoms with van der Waals surface area (Å²) < 4.78 is 5.38. The van der Waals surface area contributed by atoms with Crippen molar-refractivity contribution in [2.45, 2.75) is 58.2 Å². The minimum atomic E-state index is -0.105. The van der Waals surface area contributed by atoms with Gasteiger partial charge in [0.25, 0.3) is 0 Å². The largest absolute Gasteiger partial charge is 0.348 e. The van der Waals surface area contributed by atoms with Crippen molar-refractivity contribution >= 4 is 10.8 Å². The first-order chi connectivity index (χ1) is 15.8. The van der Waals surface area contributed by atoms with Gasteiger partial charge in [-0.2, -0.15) is 0 Å². The number of aromatic nitrogens is 3. The predicted octanol–water partition coefficient (Wildman–Crippen LogP) is 4.66. The number of rotatable bonds is 1. The lowest BCUT2D eigenvalue weighted by molar-refractivity contribution is 0.103. The van der Waals surface area contributed by atoms with Crippen LogP contribution in [0.15, 0.2) is 58.1 Å². The Morgan fingerprint density at radius 1 is 0.879 bits per heavy atom. The van der Waals surface area contributed by atoms with Crippen molar-refractivity contribution in [3.8, 4) is 0 Å². The van der Waals surface area contributed by atoms with E-state index < -0.39 is 0 Å². The molecule has 4 bridgehead atoms. The second-order valence-electron chi connectivity index (χ2n) is 12.0. The molecule has 2 fully saturated rings. The zero-order chi connectivity index (χ0) is 22.4. The highest BCUT2D eigenvalue weighted by Crippen LogP contribution is 2.69. The van der Waals surface area contributed by atoms with Gasteiger partial charge in [0, 0.05) is 17.9 Å². The Morgan fingerprint density at radius 3 is 2.24 bits per heavy atom. The van der Waals surface area contributed by atoms with Gasteiger partial charge in [0.05, 0.1) is 12.1 Å². The zero-order valence-corrected chi connectivity index (χ0v) is 19.4. The Balaban J connectivity index is 1.41. The summed E-state index contributed by atoms with van der Waals surface area (Å²) in [5.74, 6) is 1.16. The summed E-state index contributed by atoms with van der Waals surface area (Å²) in [6.07, 6.45) is 7.75. The Labute approximate surface area is 192 Å². The van der Waals surface area contributed by atoms with E-state index in [9.17, 15) is 9.59 Å². The summed E-state index contributed by atoms with van der Waals surface area (Å²) in [5.41, 5.74) is 2.42. The van der Waals surface area contributed by atoms with E-state index >= 15 is 0 Å². The van der Waals surface area contributed by atoms with Crippen LogP contribution in [0, 0.1) is 28.6 Å². The van der Waals surface area contributed by atoms with Crippen molar-refractivity contribution in [3.63, 3.8) is 0 Å². The average Bonchev–Trinajstić information content (AvgIpc) is 3.25. The summed E-state index contributed by atoms with van der Waals surface area (Å²) in [5, 5.41) is 2.42. The molecule has 5 heteroatoms. The van der Waals surface area contributed by atoms with Gasteiger partial charge < -0.3 is 0 Å². The Hall–Kier alpha value is -2.82. The molecule has 9 rings (SSSR count). The second-order valence-corrected chi connectivity index (χ2v) is 12.0. The topological polar surface area (TPSA) is 48.9 Å². The molecule has 0 spiro atoms. The van der Waals surface area contributed by atoms with Crippen molar-refractivity contribution < 1.29 is 0 Å². The molecule has 33 heavy (non-hydrogen) atoms. The van der Waals surface area contributed by atoms with Crippen LogP contribution in [-0.2, 0) is 0 Å². The maximum atomic E-state index is 14.1. The van der Waals surface area contributed by atoms with E-state index in [1.807, 2.05) is 9.36 Å². The molecular weight excluding hydrogens is 410 g/mol. The van der Waals surface area contributed by atoms with Gasteiger partial charge in [0.1, 0.15) is 0 Å². The fraction of sp³-hybridized carbons (Fsp3) is 0.500. The summed E-state index contributed by atoms with van der Waals surface area (Å²) >= 11 is 0. The lowest BCUT2D eigenvalue weighted by Gasteiger charge is -2.52. The minimum absolute atomic E-state index is 0.0123. The van der Waals surface area contributed by atoms with Gasteiger partial charge in [-0.3, -0.25) is 0 Å². The molecule has 3 aromatic rings. The monoisotopic (exact) mass is 439 g/mol. The van der Waals surface area contributed by atoms with Gasteiger partial charge in [-0.1, -0.05) is 69.3 Å². The number of fused-ring (bicyclic) bond motifs is 3. The van der Waals surface area contributed by atoms with Gasteiger partial charge in [-0.25, -0.2) is 23.5 Å². The first kappa shape index (κ1) is 18.6. The molecule has 2 saturated carbocycles. The van der Waals surface area contributed by atoms with Crippen LogP contribution in [-0.4, -0.2) is 13.9 Å². The van der Waals surface area contributed by atoms with Gasteiger partial charge in [-0.05, 0) is 57.9 Å². The first-order valence-electron chi connectivity index (χ1n) is 12.5. The van der Waals surface area contributed by atoms with Crippen molar-refractivity contribution in [1.82, 2.24) is 13.9 Å². The molecule has 7 atom stereocenters. The highest BCUT2D eigenvalue weighted by Gasteiger charge is 2.63. The lowest BCUT2D eigenvalue weighted by atomic mass is 9.62. The van der Waals surface area contributed by atoms with Gasteiger partial charge in [-0.15, -0.1) is 0 Å². The molecule has 0 unspecified atom stereocenters. The third-order valence-electron chi connectivity index (χ3n) is 11.0. The van der Waals surface area contributed by atoms with Gasteiger partial charge in [0.2, 0.25) is 0 Å². The predicted molar refractivity (Wildman–Crippen MR) is 128 cm³/mol. The maximum Gasteiger partial charge on any atom is 0.348 e. The number of hydrogen-bond donors (Lipinski definition) is 0. The molecule has 6 aliphatic rings. The Bertz CT molecular complexity index is 1530. The number of nitrogens with zero attached hydrogens (tertiary/aromatic N) is 3. The molecule has 2 aromatic carbocycles. The fourth-order valence-corrected chi connectivity index (χ4v) is 8.69.